The maximum absolute atomic E-state index is 12.9. The fourth-order valence-corrected chi connectivity index (χ4v) is 3.55. The Balaban J connectivity index is 1.34. The molecule has 0 radical (unpaired) electrons. The Morgan fingerprint density at radius 2 is 1.78 bits per heavy atom. The molecule has 3 aromatic rings. The van der Waals surface area contributed by atoms with Gasteiger partial charge < -0.3 is 15.0 Å². The number of hydrogen-bond donors (Lipinski definition) is 1. The minimum absolute atomic E-state index is 0.00664. The Labute approximate surface area is 186 Å². The molecular formula is C26H21N3O3. The maximum atomic E-state index is 12.9. The molecule has 0 fully saturated rings. The summed E-state index contributed by atoms with van der Waals surface area (Å²) >= 11 is 0. The van der Waals surface area contributed by atoms with Gasteiger partial charge in [0.1, 0.15) is 11.8 Å². The lowest BCUT2D eigenvalue weighted by Gasteiger charge is -2.17. The van der Waals surface area contributed by atoms with Crippen LogP contribution in [0.5, 0.6) is 5.75 Å². The molecule has 0 unspecified atom stereocenters. The van der Waals surface area contributed by atoms with E-state index < -0.39 is 0 Å². The van der Waals surface area contributed by atoms with Crippen molar-refractivity contribution in [1.29, 1.82) is 5.26 Å². The third-order valence-electron chi connectivity index (χ3n) is 5.14. The molecule has 1 heterocycles. The second-order valence-electron chi connectivity index (χ2n) is 7.25. The number of benzene rings is 3. The minimum atomic E-state index is -0.276. The second kappa shape index (κ2) is 9.63. The first-order valence-electron chi connectivity index (χ1n) is 10.2. The van der Waals surface area contributed by atoms with E-state index in [-0.39, 0.29) is 18.4 Å². The average Bonchev–Trinajstić information content (AvgIpc) is 3.26. The quantitative estimate of drug-likeness (QED) is 0.594. The van der Waals surface area contributed by atoms with Gasteiger partial charge in [-0.15, -0.1) is 0 Å². The first-order valence-corrected chi connectivity index (χ1v) is 10.2. The Kier molecular flexibility index (Phi) is 6.28. The molecule has 158 valence electrons. The Morgan fingerprint density at radius 3 is 2.53 bits per heavy atom. The number of nitriles is 1. The van der Waals surface area contributed by atoms with E-state index in [2.05, 4.69) is 5.32 Å². The predicted octanol–water partition coefficient (Wildman–Crippen LogP) is 4.44. The highest BCUT2D eigenvalue weighted by Gasteiger charge is 2.24. The summed E-state index contributed by atoms with van der Waals surface area (Å²) in [6.07, 6.45) is 3.98. The second-order valence-corrected chi connectivity index (χ2v) is 7.25. The van der Waals surface area contributed by atoms with Crippen molar-refractivity contribution in [3.8, 4) is 11.8 Å². The van der Waals surface area contributed by atoms with Crippen LogP contribution in [-0.2, 0) is 11.2 Å². The number of carbonyl (C=O) groups excluding carboxylic acids is 2. The largest absolute Gasteiger partial charge is 0.479 e. The molecule has 6 heteroatoms. The van der Waals surface area contributed by atoms with E-state index in [9.17, 15) is 9.59 Å². The molecule has 0 atom stereocenters. The number of carbonyl (C=O) groups is 2. The van der Waals surface area contributed by atoms with Gasteiger partial charge >= 0.3 is 0 Å². The van der Waals surface area contributed by atoms with Gasteiger partial charge in [0.05, 0.1) is 0 Å². The molecule has 0 aliphatic carbocycles. The van der Waals surface area contributed by atoms with Crippen molar-refractivity contribution in [3.63, 3.8) is 0 Å². The number of fused-ring (bicyclic) bond motifs is 1. The third kappa shape index (κ3) is 4.85. The molecule has 0 spiro atoms. The predicted molar refractivity (Wildman–Crippen MR) is 123 cm³/mol. The van der Waals surface area contributed by atoms with Crippen LogP contribution >= 0.6 is 0 Å². The van der Waals surface area contributed by atoms with Crippen LogP contribution in [0, 0.1) is 11.3 Å². The molecule has 0 saturated carbocycles. The molecule has 6 nitrogen and oxygen atoms in total. The third-order valence-corrected chi connectivity index (χ3v) is 5.14. The van der Waals surface area contributed by atoms with E-state index in [1.807, 2.05) is 30.3 Å². The summed E-state index contributed by atoms with van der Waals surface area (Å²) in [7, 11) is 0. The number of rotatable bonds is 6. The van der Waals surface area contributed by atoms with Crippen LogP contribution in [-0.4, -0.2) is 25.0 Å². The van der Waals surface area contributed by atoms with Gasteiger partial charge in [-0.05, 0) is 66.1 Å². The summed E-state index contributed by atoms with van der Waals surface area (Å²) in [6, 6.07) is 23.8. The van der Waals surface area contributed by atoms with E-state index in [0.717, 1.165) is 17.7 Å². The molecule has 4 rings (SSSR count). The number of nitrogens with one attached hydrogen (secondary N) is 1. The average molecular weight is 423 g/mol. The van der Waals surface area contributed by atoms with E-state index in [0.29, 0.717) is 23.5 Å². The van der Waals surface area contributed by atoms with E-state index in [1.54, 1.807) is 59.5 Å². The lowest BCUT2D eigenvalue weighted by atomic mass is 10.1. The van der Waals surface area contributed by atoms with Crippen molar-refractivity contribution < 1.29 is 14.3 Å². The Bertz CT molecular complexity index is 1190. The van der Waals surface area contributed by atoms with Gasteiger partial charge in [0.25, 0.3) is 5.91 Å². The van der Waals surface area contributed by atoms with Crippen molar-refractivity contribution >= 4 is 29.3 Å². The summed E-state index contributed by atoms with van der Waals surface area (Å²) in [6.45, 7) is 0.667. The fourth-order valence-electron chi connectivity index (χ4n) is 3.55. The maximum Gasteiger partial charge on any atom is 0.258 e. The number of nitrogens with zero attached hydrogens (tertiary/aromatic N) is 2. The number of para-hydroxylation sites is 1. The highest BCUT2D eigenvalue weighted by molar-refractivity contribution is 6.08. The summed E-state index contributed by atoms with van der Waals surface area (Å²) in [5.74, 6) is 0.275. The fraction of sp³-hybridized carbons (Fsp3) is 0.115. The van der Waals surface area contributed by atoms with Gasteiger partial charge in [-0.1, -0.05) is 30.3 Å². The molecule has 1 aliphatic rings. The van der Waals surface area contributed by atoms with Crippen LogP contribution in [0.1, 0.15) is 21.5 Å². The number of hydrogen-bond acceptors (Lipinski definition) is 4. The van der Waals surface area contributed by atoms with Gasteiger partial charge in [0.2, 0.25) is 5.91 Å². The summed E-state index contributed by atoms with van der Waals surface area (Å²) in [5.41, 5.74) is 4.16. The van der Waals surface area contributed by atoms with Crippen molar-refractivity contribution in [1.82, 2.24) is 0 Å². The van der Waals surface area contributed by atoms with E-state index in [1.165, 1.54) is 11.6 Å². The molecule has 1 N–H and O–H groups in total. The zero-order valence-corrected chi connectivity index (χ0v) is 17.3. The highest BCUT2D eigenvalue weighted by atomic mass is 16.5. The zero-order chi connectivity index (χ0) is 22.3. The molecule has 2 amide bonds. The summed E-state index contributed by atoms with van der Waals surface area (Å²) in [4.78, 5) is 26.9. The van der Waals surface area contributed by atoms with Gasteiger partial charge in [0.15, 0.2) is 6.61 Å². The van der Waals surface area contributed by atoms with Crippen LogP contribution in [0.3, 0.4) is 0 Å². The smallest absolute Gasteiger partial charge is 0.258 e. The SMILES string of the molecule is N#CCOc1ccc(/C=C/C(=O)Nc2ccc(C(=O)N3CCc4ccccc43)cc2)cc1. The van der Waals surface area contributed by atoms with Gasteiger partial charge in [-0.25, -0.2) is 0 Å². The van der Waals surface area contributed by atoms with Gasteiger partial charge in [-0.2, -0.15) is 5.26 Å². The van der Waals surface area contributed by atoms with E-state index in [4.69, 9.17) is 10.00 Å². The number of anilines is 2. The van der Waals surface area contributed by atoms with Crippen LogP contribution in [0.15, 0.2) is 78.9 Å². The van der Waals surface area contributed by atoms with Crippen LogP contribution in [0.2, 0.25) is 0 Å². The van der Waals surface area contributed by atoms with Crippen LogP contribution in [0.25, 0.3) is 6.08 Å². The molecule has 0 aromatic heterocycles. The number of amides is 2. The van der Waals surface area contributed by atoms with Gasteiger partial charge in [-0.3, -0.25) is 9.59 Å². The van der Waals surface area contributed by atoms with Crippen molar-refractivity contribution in [2.24, 2.45) is 0 Å². The molecule has 1 aliphatic heterocycles. The first-order chi connectivity index (χ1) is 15.6. The molecule has 0 bridgehead atoms. The first kappa shape index (κ1) is 20.9. The minimum Gasteiger partial charge on any atom is -0.479 e. The molecule has 0 saturated heterocycles. The number of ether oxygens (including phenoxy) is 1. The summed E-state index contributed by atoms with van der Waals surface area (Å²) < 4.78 is 5.20. The zero-order valence-electron chi connectivity index (χ0n) is 17.3. The lowest BCUT2D eigenvalue weighted by molar-refractivity contribution is -0.111. The van der Waals surface area contributed by atoms with Crippen molar-refractivity contribution in [3.05, 3.63) is 95.6 Å². The Hall–Kier alpha value is -4.37. The highest BCUT2D eigenvalue weighted by Crippen LogP contribution is 2.29. The topological polar surface area (TPSA) is 82.4 Å². The summed E-state index contributed by atoms with van der Waals surface area (Å²) in [5, 5.41) is 11.3. The molecule has 32 heavy (non-hydrogen) atoms. The standard InChI is InChI=1S/C26H21N3O3/c27-16-18-32-23-12-5-19(6-13-23)7-14-25(30)28-22-10-8-21(9-11-22)26(31)29-17-15-20-3-1-2-4-24(20)29/h1-14H,15,17-18H2,(H,28,30)/b14-7+. The van der Waals surface area contributed by atoms with Crippen LogP contribution in [0.4, 0.5) is 11.4 Å². The Morgan fingerprint density at radius 1 is 1.03 bits per heavy atom. The van der Waals surface area contributed by atoms with Gasteiger partial charge in [0, 0.05) is 29.6 Å². The monoisotopic (exact) mass is 423 g/mol. The molecular weight excluding hydrogens is 402 g/mol. The van der Waals surface area contributed by atoms with Crippen molar-refractivity contribution in [2.45, 2.75) is 6.42 Å². The van der Waals surface area contributed by atoms with E-state index >= 15 is 0 Å². The normalized spacial score (nSPS) is 12.3. The van der Waals surface area contributed by atoms with Crippen molar-refractivity contribution in [2.75, 3.05) is 23.4 Å². The molecule has 3 aromatic carbocycles. The lowest BCUT2D eigenvalue weighted by Crippen LogP contribution is -2.28. The van der Waals surface area contributed by atoms with Crippen LogP contribution < -0.4 is 15.0 Å².